The first-order valence-corrected chi connectivity index (χ1v) is 13.6. The van der Waals surface area contributed by atoms with E-state index >= 15 is 0 Å². The average Bonchev–Trinajstić information content (AvgIpc) is 3.53. The summed E-state index contributed by atoms with van der Waals surface area (Å²) in [5, 5.41) is 8.39. The van der Waals surface area contributed by atoms with Crippen LogP contribution >= 0.6 is 11.3 Å². The van der Waals surface area contributed by atoms with Gasteiger partial charge in [-0.3, -0.25) is 4.98 Å². The number of fused-ring (bicyclic) bond motifs is 2. The van der Waals surface area contributed by atoms with Crippen LogP contribution in [0, 0.1) is 0 Å². The van der Waals surface area contributed by atoms with Gasteiger partial charge in [-0.1, -0.05) is 37.1 Å². The number of hydrogen-bond donors (Lipinski definition) is 3. The molecule has 0 amide bonds. The van der Waals surface area contributed by atoms with Crippen LogP contribution in [0.15, 0.2) is 73.1 Å². The second-order valence-corrected chi connectivity index (χ2v) is 10.7. The van der Waals surface area contributed by atoms with Crippen LogP contribution in [-0.2, 0) is 6.54 Å². The number of nitrogens with one attached hydrogen (secondary N) is 3. The van der Waals surface area contributed by atoms with Crippen molar-refractivity contribution in [1.82, 2.24) is 20.2 Å². The van der Waals surface area contributed by atoms with E-state index in [2.05, 4.69) is 100 Å². The van der Waals surface area contributed by atoms with Crippen molar-refractivity contribution in [2.75, 3.05) is 32.5 Å². The van der Waals surface area contributed by atoms with E-state index in [0.29, 0.717) is 0 Å². The normalized spacial score (nSPS) is 11.6. The van der Waals surface area contributed by atoms with Crippen LogP contribution in [0.5, 0.6) is 0 Å². The molecule has 2 aromatic carbocycles. The number of aromatic nitrogens is 2. The van der Waals surface area contributed by atoms with E-state index < -0.39 is 0 Å². The molecule has 0 unspecified atom stereocenters. The van der Waals surface area contributed by atoms with Gasteiger partial charge in [0.15, 0.2) is 0 Å². The number of H-pyrrole nitrogens is 1. The highest BCUT2D eigenvalue weighted by atomic mass is 32.1. The van der Waals surface area contributed by atoms with E-state index in [1.54, 1.807) is 11.3 Å². The number of thiophene rings is 1. The third-order valence-electron chi connectivity index (χ3n) is 6.52. The molecule has 0 aliphatic heterocycles. The summed E-state index contributed by atoms with van der Waals surface area (Å²) in [6.45, 7) is 3.20. The van der Waals surface area contributed by atoms with Gasteiger partial charge in [0.05, 0.1) is 15.9 Å². The first-order valence-electron chi connectivity index (χ1n) is 12.8. The minimum absolute atomic E-state index is 0.922. The summed E-state index contributed by atoms with van der Waals surface area (Å²) in [5.41, 5.74) is 6.91. The molecule has 6 heteroatoms. The highest BCUT2D eigenvalue weighted by Gasteiger charge is 2.10. The van der Waals surface area contributed by atoms with Gasteiger partial charge in [-0.15, -0.1) is 11.3 Å². The van der Waals surface area contributed by atoms with Gasteiger partial charge < -0.3 is 20.5 Å². The van der Waals surface area contributed by atoms with Gasteiger partial charge in [-0.25, -0.2) is 0 Å². The van der Waals surface area contributed by atoms with Crippen molar-refractivity contribution in [3.05, 3.63) is 78.6 Å². The van der Waals surface area contributed by atoms with Crippen molar-refractivity contribution in [2.45, 2.75) is 32.2 Å². The average molecular weight is 498 g/mol. The van der Waals surface area contributed by atoms with E-state index in [1.807, 2.05) is 12.4 Å². The summed E-state index contributed by atoms with van der Waals surface area (Å²) in [4.78, 5) is 11.4. The molecule has 186 valence electrons. The second kappa shape index (κ2) is 11.7. The fraction of sp³-hybridized carbons (Fsp3) is 0.300. The van der Waals surface area contributed by atoms with Crippen molar-refractivity contribution in [3.63, 3.8) is 0 Å². The van der Waals surface area contributed by atoms with Gasteiger partial charge in [0, 0.05) is 40.4 Å². The van der Waals surface area contributed by atoms with Crippen LogP contribution in [0.1, 0.15) is 31.2 Å². The Hall–Kier alpha value is -3.19. The maximum atomic E-state index is 4.63. The van der Waals surface area contributed by atoms with E-state index in [9.17, 15) is 0 Å². The smallest absolute Gasteiger partial charge is 0.0837 e. The molecule has 0 spiro atoms. The van der Waals surface area contributed by atoms with Gasteiger partial charge in [0.1, 0.15) is 0 Å². The fourth-order valence-electron chi connectivity index (χ4n) is 4.52. The number of rotatable bonds is 12. The Balaban J connectivity index is 1.18. The Bertz CT molecular complexity index is 1400. The molecule has 36 heavy (non-hydrogen) atoms. The molecule has 5 rings (SSSR count). The zero-order valence-corrected chi connectivity index (χ0v) is 22.0. The van der Waals surface area contributed by atoms with Crippen LogP contribution < -0.4 is 10.6 Å². The Labute approximate surface area is 217 Å². The van der Waals surface area contributed by atoms with E-state index in [0.717, 1.165) is 35.5 Å². The molecular formula is C30H35N5S. The summed E-state index contributed by atoms with van der Waals surface area (Å²) >= 11 is 1.79. The molecule has 0 fully saturated rings. The minimum atomic E-state index is 0.922. The van der Waals surface area contributed by atoms with Gasteiger partial charge >= 0.3 is 0 Å². The molecule has 3 heterocycles. The maximum Gasteiger partial charge on any atom is 0.0837 e. The molecule has 0 saturated heterocycles. The minimum Gasteiger partial charge on any atom is -0.361 e. The number of pyridine rings is 1. The Morgan fingerprint density at radius 1 is 0.917 bits per heavy atom. The summed E-state index contributed by atoms with van der Waals surface area (Å²) in [5.74, 6) is 0. The van der Waals surface area contributed by atoms with Gasteiger partial charge in [-0.05, 0) is 87.6 Å². The zero-order chi connectivity index (χ0) is 24.7. The van der Waals surface area contributed by atoms with E-state index in [4.69, 9.17) is 0 Å². The zero-order valence-electron chi connectivity index (χ0n) is 21.2. The molecule has 5 nitrogen and oxygen atoms in total. The Morgan fingerprint density at radius 3 is 2.64 bits per heavy atom. The van der Waals surface area contributed by atoms with E-state index in [1.165, 1.54) is 58.3 Å². The van der Waals surface area contributed by atoms with Crippen LogP contribution in [0.25, 0.3) is 31.6 Å². The molecule has 0 aliphatic carbocycles. The summed E-state index contributed by atoms with van der Waals surface area (Å²) in [6.07, 6.45) is 9.02. The summed E-state index contributed by atoms with van der Waals surface area (Å²) in [7, 11) is 4.29. The first kappa shape index (κ1) is 24.5. The van der Waals surface area contributed by atoms with Crippen molar-refractivity contribution in [1.29, 1.82) is 0 Å². The number of unbranched alkanes of at least 4 members (excludes halogenated alkanes) is 3. The standard InChI is InChI=1S/C30H35N5S/c1-35(2)18-6-4-3-5-15-31-21-22-7-9-23(10-8-22)29-20-28-30(36-29)27(14-17-33-28)34-25-11-12-26-24(19-25)13-16-32-26/h7-14,16-17,19-20,31-32H,3-6,15,18,21H2,1-2H3,(H,33,34). The molecule has 3 N–H and O–H groups in total. The highest BCUT2D eigenvalue weighted by molar-refractivity contribution is 7.22. The third kappa shape index (κ3) is 6.13. The highest BCUT2D eigenvalue weighted by Crippen LogP contribution is 2.37. The SMILES string of the molecule is CN(C)CCCCCCNCc1ccc(-c2cc3nccc(Nc4ccc5[nH]ccc5c4)c3s2)cc1. The lowest BCUT2D eigenvalue weighted by atomic mass is 10.1. The van der Waals surface area contributed by atoms with Gasteiger partial charge in [0.25, 0.3) is 0 Å². The number of aromatic amines is 1. The van der Waals surface area contributed by atoms with Gasteiger partial charge in [0.2, 0.25) is 0 Å². The second-order valence-electron chi connectivity index (χ2n) is 9.68. The lowest BCUT2D eigenvalue weighted by molar-refractivity contribution is 0.389. The number of nitrogens with zero attached hydrogens (tertiary/aromatic N) is 2. The van der Waals surface area contributed by atoms with Crippen LogP contribution in [0.2, 0.25) is 0 Å². The lowest BCUT2D eigenvalue weighted by Gasteiger charge is -2.09. The topological polar surface area (TPSA) is 56.0 Å². The maximum absolute atomic E-state index is 4.63. The molecule has 0 atom stereocenters. The van der Waals surface area contributed by atoms with Gasteiger partial charge in [-0.2, -0.15) is 0 Å². The number of hydrogen-bond acceptors (Lipinski definition) is 5. The van der Waals surface area contributed by atoms with Crippen molar-refractivity contribution in [3.8, 4) is 10.4 Å². The molecule has 0 bridgehead atoms. The Kier molecular flexibility index (Phi) is 7.96. The number of anilines is 2. The van der Waals surface area contributed by atoms with E-state index in [-0.39, 0.29) is 0 Å². The predicted octanol–water partition coefficient (Wildman–Crippen LogP) is 7.40. The summed E-state index contributed by atoms with van der Waals surface area (Å²) in [6, 6.07) is 21.7. The summed E-state index contributed by atoms with van der Waals surface area (Å²) < 4.78 is 1.18. The van der Waals surface area contributed by atoms with Crippen LogP contribution in [-0.4, -0.2) is 42.1 Å². The third-order valence-corrected chi connectivity index (χ3v) is 7.73. The Morgan fingerprint density at radius 2 is 1.78 bits per heavy atom. The van der Waals surface area contributed by atoms with Crippen LogP contribution in [0.3, 0.4) is 0 Å². The van der Waals surface area contributed by atoms with Crippen LogP contribution in [0.4, 0.5) is 11.4 Å². The monoisotopic (exact) mass is 497 g/mol. The molecule has 0 saturated carbocycles. The quantitative estimate of drug-likeness (QED) is 0.157. The fourth-order valence-corrected chi connectivity index (χ4v) is 5.61. The molecular weight excluding hydrogens is 462 g/mol. The molecule has 0 radical (unpaired) electrons. The molecule has 0 aliphatic rings. The van der Waals surface area contributed by atoms with Crippen molar-refractivity contribution >= 4 is 43.8 Å². The molecule has 5 aromatic rings. The molecule has 3 aromatic heterocycles. The first-order chi connectivity index (χ1) is 17.7. The number of benzene rings is 2. The largest absolute Gasteiger partial charge is 0.361 e. The predicted molar refractivity (Wildman–Crippen MR) is 155 cm³/mol. The van der Waals surface area contributed by atoms with Crippen molar-refractivity contribution < 1.29 is 0 Å². The van der Waals surface area contributed by atoms with Crippen molar-refractivity contribution in [2.24, 2.45) is 0 Å². The lowest BCUT2D eigenvalue weighted by Crippen LogP contribution is -2.15.